The van der Waals surface area contributed by atoms with Crippen molar-refractivity contribution in [2.24, 2.45) is 5.92 Å². The summed E-state index contributed by atoms with van der Waals surface area (Å²) in [5.74, 6) is 0.667. The molecule has 0 fully saturated rings. The highest BCUT2D eigenvalue weighted by Crippen LogP contribution is 1.94. The topological polar surface area (TPSA) is 12.0 Å². The third-order valence-electron chi connectivity index (χ3n) is 1.24. The number of hydrogen-bond acceptors (Lipinski definition) is 1. The summed E-state index contributed by atoms with van der Waals surface area (Å²) in [7, 11) is 1.97. The van der Waals surface area contributed by atoms with E-state index < -0.39 is 0 Å². The molecule has 1 N–H and O–H groups in total. The normalized spacial score (nSPS) is 15.2. The standard InChI is InChI=1S/C8H17N/c1-7(2)5-6-8(3)9-4/h5-9H,1-4H3/b6-5-/t8-/m1/s1. The minimum Gasteiger partial charge on any atom is -0.314 e. The van der Waals surface area contributed by atoms with E-state index in [0.29, 0.717) is 12.0 Å². The van der Waals surface area contributed by atoms with Gasteiger partial charge in [-0.1, -0.05) is 26.0 Å². The van der Waals surface area contributed by atoms with E-state index in [0.717, 1.165) is 0 Å². The average Bonchev–Trinajstić information content (AvgIpc) is 1.83. The molecule has 9 heavy (non-hydrogen) atoms. The van der Waals surface area contributed by atoms with Crippen molar-refractivity contribution in [2.45, 2.75) is 26.8 Å². The number of rotatable bonds is 3. The van der Waals surface area contributed by atoms with E-state index in [-0.39, 0.29) is 0 Å². The Labute approximate surface area is 58.2 Å². The fourth-order valence-corrected chi connectivity index (χ4v) is 0.485. The molecule has 0 aromatic heterocycles. The Morgan fingerprint density at radius 2 is 1.67 bits per heavy atom. The third kappa shape index (κ3) is 5.57. The maximum Gasteiger partial charge on any atom is 0.0218 e. The second kappa shape index (κ2) is 4.57. The van der Waals surface area contributed by atoms with Crippen molar-refractivity contribution in [1.29, 1.82) is 0 Å². The molecule has 0 aliphatic rings. The number of hydrogen-bond donors (Lipinski definition) is 1. The van der Waals surface area contributed by atoms with Crippen LogP contribution >= 0.6 is 0 Å². The summed E-state index contributed by atoms with van der Waals surface area (Å²) < 4.78 is 0. The predicted octanol–water partition coefficient (Wildman–Crippen LogP) is 1.81. The molecule has 0 aliphatic carbocycles. The maximum absolute atomic E-state index is 3.13. The first-order valence-electron chi connectivity index (χ1n) is 3.52. The zero-order valence-corrected chi connectivity index (χ0v) is 6.81. The minimum absolute atomic E-state index is 0.507. The lowest BCUT2D eigenvalue weighted by molar-refractivity contribution is 0.715. The molecule has 0 unspecified atom stereocenters. The van der Waals surface area contributed by atoms with Crippen molar-refractivity contribution in [3.05, 3.63) is 12.2 Å². The second-order valence-corrected chi connectivity index (χ2v) is 2.71. The van der Waals surface area contributed by atoms with Gasteiger partial charge in [0.15, 0.2) is 0 Å². The molecule has 1 heteroatoms. The van der Waals surface area contributed by atoms with Crippen LogP contribution in [0.2, 0.25) is 0 Å². The molecular formula is C8H17N. The van der Waals surface area contributed by atoms with Gasteiger partial charge in [0.2, 0.25) is 0 Å². The molecule has 0 amide bonds. The van der Waals surface area contributed by atoms with Crippen LogP contribution in [0, 0.1) is 5.92 Å². The first-order valence-corrected chi connectivity index (χ1v) is 3.52. The largest absolute Gasteiger partial charge is 0.314 e. The van der Waals surface area contributed by atoms with Crippen molar-refractivity contribution >= 4 is 0 Å². The van der Waals surface area contributed by atoms with E-state index in [1.165, 1.54) is 0 Å². The van der Waals surface area contributed by atoms with E-state index >= 15 is 0 Å². The first-order chi connectivity index (χ1) is 4.16. The van der Waals surface area contributed by atoms with Crippen LogP contribution in [-0.2, 0) is 0 Å². The quantitative estimate of drug-likeness (QED) is 0.570. The Hall–Kier alpha value is -0.300. The van der Waals surface area contributed by atoms with Gasteiger partial charge in [0, 0.05) is 6.04 Å². The summed E-state index contributed by atoms with van der Waals surface area (Å²) in [5.41, 5.74) is 0. The molecule has 0 aromatic rings. The van der Waals surface area contributed by atoms with Crippen LogP contribution in [0.5, 0.6) is 0 Å². The molecule has 0 heterocycles. The van der Waals surface area contributed by atoms with Crippen LogP contribution < -0.4 is 5.32 Å². The van der Waals surface area contributed by atoms with Crippen LogP contribution in [0.3, 0.4) is 0 Å². The van der Waals surface area contributed by atoms with Gasteiger partial charge in [0.1, 0.15) is 0 Å². The lowest BCUT2D eigenvalue weighted by Gasteiger charge is -2.02. The zero-order valence-electron chi connectivity index (χ0n) is 6.81. The van der Waals surface area contributed by atoms with Crippen LogP contribution in [0.25, 0.3) is 0 Å². The number of likely N-dealkylation sites (N-methyl/N-ethyl adjacent to an activating group) is 1. The third-order valence-corrected chi connectivity index (χ3v) is 1.24. The Morgan fingerprint density at radius 3 is 2.00 bits per heavy atom. The first kappa shape index (κ1) is 8.70. The van der Waals surface area contributed by atoms with E-state index in [2.05, 4.69) is 38.2 Å². The van der Waals surface area contributed by atoms with Gasteiger partial charge in [-0.25, -0.2) is 0 Å². The Balaban J connectivity index is 3.43. The smallest absolute Gasteiger partial charge is 0.0218 e. The number of nitrogens with one attached hydrogen (secondary N) is 1. The molecule has 0 bridgehead atoms. The molecule has 1 nitrogen and oxygen atoms in total. The highest BCUT2D eigenvalue weighted by molar-refractivity contribution is 4.91. The van der Waals surface area contributed by atoms with Crippen LogP contribution in [0.15, 0.2) is 12.2 Å². The van der Waals surface area contributed by atoms with Gasteiger partial charge >= 0.3 is 0 Å². The molecule has 54 valence electrons. The Kier molecular flexibility index (Phi) is 4.41. The van der Waals surface area contributed by atoms with Gasteiger partial charge in [-0.05, 0) is 19.9 Å². The molecule has 0 saturated carbocycles. The SMILES string of the molecule is CN[C@H](C)/C=C\C(C)C. The van der Waals surface area contributed by atoms with E-state index in [1.54, 1.807) is 0 Å². The fraction of sp³-hybridized carbons (Fsp3) is 0.750. The predicted molar refractivity (Wildman–Crippen MR) is 42.5 cm³/mol. The molecular weight excluding hydrogens is 110 g/mol. The van der Waals surface area contributed by atoms with Gasteiger partial charge in [-0.3, -0.25) is 0 Å². The highest BCUT2D eigenvalue weighted by Gasteiger charge is 1.89. The molecule has 0 spiro atoms. The molecule has 0 aromatic carbocycles. The van der Waals surface area contributed by atoms with Crippen molar-refractivity contribution in [3.8, 4) is 0 Å². The van der Waals surface area contributed by atoms with Gasteiger partial charge in [0.25, 0.3) is 0 Å². The minimum atomic E-state index is 0.507. The molecule has 0 rings (SSSR count). The Bertz CT molecular complexity index is 84.6. The monoisotopic (exact) mass is 127 g/mol. The van der Waals surface area contributed by atoms with Crippen molar-refractivity contribution < 1.29 is 0 Å². The van der Waals surface area contributed by atoms with Gasteiger partial charge in [-0.15, -0.1) is 0 Å². The second-order valence-electron chi connectivity index (χ2n) is 2.71. The van der Waals surface area contributed by atoms with Gasteiger partial charge in [0.05, 0.1) is 0 Å². The Morgan fingerprint density at radius 1 is 1.11 bits per heavy atom. The maximum atomic E-state index is 3.13. The summed E-state index contributed by atoms with van der Waals surface area (Å²) in [6, 6.07) is 0.507. The summed E-state index contributed by atoms with van der Waals surface area (Å²) in [6.45, 7) is 6.50. The summed E-state index contributed by atoms with van der Waals surface area (Å²) >= 11 is 0. The van der Waals surface area contributed by atoms with E-state index in [1.807, 2.05) is 7.05 Å². The average molecular weight is 127 g/mol. The van der Waals surface area contributed by atoms with Crippen LogP contribution in [0.1, 0.15) is 20.8 Å². The molecule has 0 aliphatic heterocycles. The molecule has 1 atom stereocenters. The summed E-state index contributed by atoms with van der Waals surface area (Å²) in [5, 5.41) is 3.13. The molecule has 0 saturated heterocycles. The zero-order chi connectivity index (χ0) is 7.28. The van der Waals surface area contributed by atoms with Gasteiger partial charge < -0.3 is 5.32 Å². The van der Waals surface area contributed by atoms with Crippen molar-refractivity contribution in [1.82, 2.24) is 5.32 Å². The van der Waals surface area contributed by atoms with Gasteiger partial charge in [-0.2, -0.15) is 0 Å². The van der Waals surface area contributed by atoms with Crippen molar-refractivity contribution in [2.75, 3.05) is 7.05 Å². The van der Waals surface area contributed by atoms with Crippen LogP contribution in [-0.4, -0.2) is 13.1 Å². The molecule has 0 radical (unpaired) electrons. The number of allylic oxidation sites excluding steroid dienone is 1. The lowest BCUT2D eigenvalue weighted by atomic mass is 10.2. The lowest BCUT2D eigenvalue weighted by Crippen LogP contribution is -2.17. The summed E-state index contributed by atoms with van der Waals surface area (Å²) in [4.78, 5) is 0. The highest BCUT2D eigenvalue weighted by atomic mass is 14.8. The van der Waals surface area contributed by atoms with E-state index in [4.69, 9.17) is 0 Å². The van der Waals surface area contributed by atoms with E-state index in [9.17, 15) is 0 Å². The van der Waals surface area contributed by atoms with Crippen LogP contribution in [0.4, 0.5) is 0 Å². The van der Waals surface area contributed by atoms with Crippen molar-refractivity contribution in [3.63, 3.8) is 0 Å². The summed E-state index contributed by atoms with van der Waals surface area (Å²) in [6.07, 6.45) is 4.39. The fourth-order valence-electron chi connectivity index (χ4n) is 0.485.